The summed E-state index contributed by atoms with van der Waals surface area (Å²) >= 11 is 0. The van der Waals surface area contributed by atoms with Crippen molar-refractivity contribution in [2.45, 2.75) is 12.8 Å². The molecule has 0 radical (unpaired) electrons. The predicted octanol–water partition coefficient (Wildman–Crippen LogP) is 2.69. The molecular weight excluding hydrogens is 268 g/mol. The number of anilines is 1. The average molecular weight is 286 g/mol. The minimum absolute atomic E-state index is 0.0317. The molecule has 110 valence electrons. The van der Waals surface area contributed by atoms with Crippen molar-refractivity contribution in [2.75, 3.05) is 12.0 Å². The van der Waals surface area contributed by atoms with Gasteiger partial charge in [0.15, 0.2) is 0 Å². The first-order valence-electron chi connectivity index (χ1n) is 6.71. The fraction of sp³-hybridized carbons (Fsp3) is 0.188. The van der Waals surface area contributed by atoms with E-state index in [1.807, 2.05) is 30.3 Å². The van der Waals surface area contributed by atoms with E-state index in [-0.39, 0.29) is 18.1 Å². The van der Waals surface area contributed by atoms with Crippen molar-refractivity contribution < 1.29 is 15.3 Å². The zero-order chi connectivity index (χ0) is 15.1. The normalized spacial score (nSPS) is 11.4. The van der Waals surface area contributed by atoms with Gasteiger partial charge in [-0.2, -0.15) is 5.10 Å². The van der Waals surface area contributed by atoms with E-state index in [1.54, 1.807) is 0 Å². The molecule has 0 bridgehead atoms. The van der Waals surface area contributed by atoms with Crippen molar-refractivity contribution in [3.8, 4) is 11.5 Å². The highest BCUT2D eigenvalue weighted by atomic mass is 16.3. The number of hydrogen-bond acceptors (Lipinski definition) is 5. The number of aliphatic hydroxyl groups excluding tert-OH is 1. The van der Waals surface area contributed by atoms with Gasteiger partial charge < -0.3 is 15.3 Å². The largest absolute Gasteiger partial charge is 0.508 e. The predicted molar refractivity (Wildman–Crippen MR) is 82.7 cm³/mol. The van der Waals surface area contributed by atoms with E-state index in [0.717, 1.165) is 5.69 Å². The number of nitrogens with one attached hydrogen (secondary N) is 1. The van der Waals surface area contributed by atoms with Crippen LogP contribution in [0.2, 0.25) is 0 Å². The lowest BCUT2D eigenvalue weighted by atomic mass is 10.0. The summed E-state index contributed by atoms with van der Waals surface area (Å²) in [5.74, 6) is 0.0959. The molecule has 0 fully saturated rings. The van der Waals surface area contributed by atoms with Crippen LogP contribution < -0.4 is 5.43 Å². The molecule has 2 aromatic rings. The standard InChI is InChI=1S/C16H18N2O3/c19-10-4-7-15(14-11-13(20)8-9-16(14)21)18-17-12-5-2-1-3-6-12/h1-3,5-6,8-9,11,17,19-21H,4,7,10H2. The molecule has 0 saturated carbocycles. The number of hydrogen-bond donors (Lipinski definition) is 4. The Morgan fingerprint density at radius 1 is 1.05 bits per heavy atom. The second kappa shape index (κ2) is 7.31. The van der Waals surface area contributed by atoms with Gasteiger partial charge in [-0.05, 0) is 43.2 Å². The van der Waals surface area contributed by atoms with Crippen LogP contribution in [0.4, 0.5) is 5.69 Å². The minimum Gasteiger partial charge on any atom is -0.508 e. The van der Waals surface area contributed by atoms with Gasteiger partial charge in [-0.3, -0.25) is 5.43 Å². The molecule has 2 aromatic carbocycles. The van der Waals surface area contributed by atoms with Gasteiger partial charge in [0.05, 0.1) is 11.4 Å². The Morgan fingerprint density at radius 3 is 2.52 bits per heavy atom. The van der Waals surface area contributed by atoms with E-state index in [0.29, 0.717) is 24.1 Å². The third-order valence-corrected chi connectivity index (χ3v) is 2.96. The van der Waals surface area contributed by atoms with Crippen LogP contribution in [0.3, 0.4) is 0 Å². The molecule has 2 rings (SSSR count). The van der Waals surface area contributed by atoms with Crippen LogP contribution in [0.5, 0.6) is 11.5 Å². The molecule has 0 atom stereocenters. The molecule has 21 heavy (non-hydrogen) atoms. The number of aliphatic hydroxyl groups is 1. The molecule has 0 spiro atoms. The maximum Gasteiger partial charge on any atom is 0.124 e. The van der Waals surface area contributed by atoms with E-state index in [1.165, 1.54) is 18.2 Å². The Hall–Kier alpha value is -2.53. The Kier molecular flexibility index (Phi) is 5.17. The Labute approximate surface area is 123 Å². The van der Waals surface area contributed by atoms with E-state index < -0.39 is 0 Å². The average Bonchev–Trinajstić information content (AvgIpc) is 2.51. The summed E-state index contributed by atoms with van der Waals surface area (Å²) in [6.45, 7) is 0.0317. The van der Waals surface area contributed by atoms with Gasteiger partial charge in [0.2, 0.25) is 0 Å². The fourth-order valence-electron chi connectivity index (χ4n) is 1.90. The monoisotopic (exact) mass is 286 g/mol. The molecule has 0 aliphatic rings. The van der Waals surface area contributed by atoms with E-state index in [4.69, 9.17) is 5.11 Å². The SMILES string of the molecule is OCCCC(=NNc1ccccc1)c1cc(O)ccc1O. The zero-order valence-corrected chi connectivity index (χ0v) is 11.5. The number of phenols is 2. The molecule has 0 heterocycles. The zero-order valence-electron chi connectivity index (χ0n) is 11.5. The number of rotatable bonds is 6. The van der Waals surface area contributed by atoms with Crippen molar-refractivity contribution in [3.63, 3.8) is 0 Å². The summed E-state index contributed by atoms with van der Waals surface area (Å²) in [4.78, 5) is 0. The third kappa shape index (κ3) is 4.22. The topological polar surface area (TPSA) is 85.1 Å². The number of aromatic hydroxyl groups is 2. The van der Waals surface area contributed by atoms with Gasteiger partial charge in [-0.15, -0.1) is 0 Å². The number of para-hydroxylation sites is 1. The van der Waals surface area contributed by atoms with Crippen LogP contribution in [0.15, 0.2) is 53.6 Å². The second-order valence-corrected chi connectivity index (χ2v) is 4.56. The number of benzene rings is 2. The van der Waals surface area contributed by atoms with Crippen LogP contribution in [-0.2, 0) is 0 Å². The molecule has 4 N–H and O–H groups in total. The summed E-state index contributed by atoms with van der Waals surface area (Å²) in [6, 6.07) is 13.7. The summed E-state index contributed by atoms with van der Waals surface area (Å²) in [5, 5.41) is 32.8. The molecule has 0 aliphatic heterocycles. The third-order valence-electron chi connectivity index (χ3n) is 2.96. The van der Waals surface area contributed by atoms with E-state index in [2.05, 4.69) is 10.5 Å². The molecule has 0 amide bonds. The summed E-state index contributed by atoms with van der Waals surface area (Å²) in [7, 11) is 0. The van der Waals surface area contributed by atoms with E-state index in [9.17, 15) is 10.2 Å². The van der Waals surface area contributed by atoms with Crippen molar-refractivity contribution in [1.29, 1.82) is 0 Å². The Bertz CT molecular complexity index is 612. The van der Waals surface area contributed by atoms with Crippen molar-refractivity contribution in [3.05, 3.63) is 54.1 Å². The van der Waals surface area contributed by atoms with Crippen LogP contribution >= 0.6 is 0 Å². The first kappa shape index (κ1) is 14.9. The summed E-state index contributed by atoms with van der Waals surface area (Å²) in [5.41, 5.74) is 4.75. The highest BCUT2D eigenvalue weighted by Gasteiger charge is 2.10. The molecule has 0 unspecified atom stereocenters. The molecule has 5 nitrogen and oxygen atoms in total. The van der Waals surface area contributed by atoms with Crippen molar-refractivity contribution in [1.82, 2.24) is 0 Å². The fourth-order valence-corrected chi connectivity index (χ4v) is 1.90. The first-order chi connectivity index (χ1) is 10.2. The Balaban J connectivity index is 2.27. The molecule has 0 aromatic heterocycles. The molecule has 0 aliphatic carbocycles. The highest BCUT2D eigenvalue weighted by Crippen LogP contribution is 2.24. The van der Waals surface area contributed by atoms with Crippen LogP contribution in [0, 0.1) is 0 Å². The Morgan fingerprint density at radius 2 is 1.81 bits per heavy atom. The van der Waals surface area contributed by atoms with Crippen molar-refractivity contribution in [2.24, 2.45) is 5.10 Å². The second-order valence-electron chi connectivity index (χ2n) is 4.56. The smallest absolute Gasteiger partial charge is 0.124 e. The number of nitrogens with zero attached hydrogens (tertiary/aromatic N) is 1. The van der Waals surface area contributed by atoms with E-state index >= 15 is 0 Å². The van der Waals surface area contributed by atoms with Crippen molar-refractivity contribution >= 4 is 11.4 Å². The molecule has 5 heteroatoms. The lowest BCUT2D eigenvalue weighted by Crippen LogP contribution is -2.06. The van der Waals surface area contributed by atoms with Crippen LogP contribution in [0.1, 0.15) is 18.4 Å². The summed E-state index contributed by atoms with van der Waals surface area (Å²) in [6.07, 6.45) is 0.998. The van der Waals surface area contributed by atoms with Crippen LogP contribution in [-0.4, -0.2) is 27.6 Å². The molecular formula is C16H18N2O3. The maximum atomic E-state index is 9.92. The number of hydrazone groups is 1. The molecule has 0 saturated heterocycles. The van der Waals surface area contributed by atoms with Gasteiger partial charge >= 0.3 is 0 Å². The first-order valence-corrected chi connectivity index (χ1v) is 6.71. The minimum atomic E-state index is 0.0317. The van der Waals surface area contributed by atoms with Gasteiger partial charge in [-0.25, -0.2) is 0 Å². The number of phenolic OH excluding ortho intramolecular Hbond substituents is 2. The maximum absolute atomic E-state index is 9.92. The van der Waals surface area contributed by atoms with Gasteiger partial charge in [0, 0.05) is 12.2 Å². The summed E-state index contributed by atoms with van der Waals surface area (Å²) < 4.78 is 0. The van der Waals surface area contributed by atoms with Gasteiger partial charge in [-0.1, -0.05) is 18.2 Å². The highest BCUT2D eigenvalue weighted by molar-refractivity contribution is 6.03. The van der Waals surface area contributed by atoms with Gasteiger partial charge in [0.25, 0.3) is 0 Å². The quantitative estimate of drug-likeness (QED) is 0.374. The lowest BCUT2D eigenvalue weighted by Gasteiger charge is -2.10. The van der Waals surface area contributed by atoms with Gasteiger partial charge in [0.1, 0.15) is 11.5 Å². The lowest BCUT2D eigenvalue weighted by molar-refractivity contribution is 0.291. The van der Waals surface area contributed by atoms with Crippen LogP contribution in [0.25, 0.3) is 0 Å².